The minimum Gasteiger partial charge on any atom is -0.329 e. The highest BCUT2D eigenvalue weighted by molar-refractivity contribution is 5.20. The van der Waals surface area contributed by atoms with Gasteiger partial charge in [0.2, 0.25) is 0 Å². The lowest BCUT2D eigenvalue weighted by atomic mass is 10.1. The molecule has 3 heteroatoms. The first-order chi connectivity index (χ1) is 7.79. The van der Waals surface area contributed by atoms with Gasteiger partial charge >= 0.3 is 0 Å². The molecule has 1 aromatic carbocycles. The minimum absolute atomic E-state index is 0.152. The van der Waals surface area contributed by atoms with Crippen LogP contribution in [0.5, 0.6) is 0 Å². The van der Waals surface area contributed by atoms with Gasteiger partial charge in [-0.1, -0.05) is 25.0 Å². The molecule has 0 aromatic heterocycles. The summed E-state index contributed by atoms with van der Waals surface area (Å²) in [6.45, 7) is 1.56. The summed E-state index contributed by atoms with van der Waals surface area (Å²) in [6.07, 6.45) is 3.99. The molecule has 0 spiro atoms. The summed E-state index contributed by atoms with van der Waals surface area (Å²) in [5, 5.41) is 3.43. The maximum atomic E-state index is 12.8. The molecule has 0 saturated heterocycles. The van der Waals surface area contributed by atoms with E-state index < -0.39 is 0 Å². The molecule has 1 saturated carbocycles. The van der Waals surface area contributed by atoms with Crippen molar-refractivity contribution in [1.82, 2.24) is 5.32 Å². The number of nitrogens with one attached hydrogen (secondary N) is 1. The smallest absolute Gasteiger partial charge is 0.123 e. The van der Waals surface area contributed by atoms with E-state index in [-0.39, 0.29) is 11.9 Å². The van der Waals surface area contributed by atoms with E-state index in [2.05, 4.69) is 5.32 Å². The fourth-order valence-electron chi connectivity index (χ4n) is 1.90. The molecule has 88 valence electrons. The van der Waals surface area contributed by atoms with E-state index in [0.29, 0.717) is 6.54 Å². The Morgan fingerprint density at radius 1 is 1.31 bits per heavy atom. The highest BCUT2D eigenvalue weighted by atomic mass is 19.1. The molecule has 2 nitrogen and oxygen atoms in total. The van der Waals surface area contributed by atoms with Gasteiger partial charge in [-0.2, -0.15) is 0 Å². The predicted octanol–water partition coefficient (Wildman–Crippen LogP) is 2.22. The van der Waals surface area contributed by atoms with Gasteiger partial charge in [0.15, 0.2) is 0 Å². The fraction of sp³-hybridized carbons (Fsp3) is 0.538. The van der Waals surface area contributed by atoms with E-state index in [4.69, 9.17) is 5.73 Å². The van der Waals surface area contributed by atoms with Gasteiger partial charge in [0.25, 0.3) is 0 Å². The topological polar surface area (TPSA) is 38.0 Å². The lowest BCUT2D eigenvalue weighted by Gasteiger charge is -2.17. The lowest BCUT2D eigenvalue weighted by molar-refractivity contribution is 0.515. The van der Waals surface area contributed by atoms with Gasteiger partial charge < -0.3 is 11.1 Å². The van der Waals surface area contributed by atoms with Gasteiger partial charge in [0.1, 0.15) is 5.82 Å². The molecule has 16 heavy (non-hydrogen) atoms. The van der Waals surface area contributed by atoms with E-state index in [9.17, 15) is 4.39 Å². The van der Waals surface area contributed by atoms with Gasteiger partial charge in [-0.3, -0.25) is 0 Å². The number of hydrogen-bond donors (Lipinski definition) is 2. The van der Waals surface area contributed by atoms with Crippen LogP contribution >= 0.6 is 0 Å². The van der Waals surface area contributed by atoms with Crippen LogP contribution in [-0.2, 0) is 0 Å². The molecule has 0 amide bonds. The monoisotopic (exact) mass is 222 g/mol. The van der Waals surface area contributed by atoms with Crippen molar-refractivity contribution in [3.05, 3.63) is 35.6 Å². The number of rotatable bonds is 6. The number of hydrogen-bond acceptors (Lipinski definition) is 2. The molecule has 0 bridgehead atoms. The van der Waals surface area contributed by atoms with Crippen LogP contribution in [0.2, 0.25) is 0 Å². The Morgan fingerprint density at radius 2 is 2.00 bits per heavy atom. The third-order valence-corrected chi connectivity index (χ3v) is 3.15. The van der Waals surface area contributed by atoms with Crippen LogP contribution in [-0.4, -0.2) is 13.1 Å². The molecule has 1 aliphatic carbocycles. The van der Waals surface area contributed by atoms with Crippen molar-refractivity contribution in [2.75, 3.05) is 13.1 Å². The van der Waals surface area contributed by atoms with Crippen LogP contribution in [0.1, 0.15) is 30.9 Å². The van der Waals surface area contributed by atoms with Crippen molar-refractivity contribution >= 4 is 0 Å². The first kappa shape index (κ1) is 11.6. The first-order valence-corrected chi connectivity index (χ1v) is 5.98. The highest BCUT2D eigenvalue weighted by Crippen LogP contribution is 2.31. The summed E-state index contributed by atoms with van der Waals surface area (Å²) in [5.74, 6) is 0.733. The van der Waals surface area contributed by atoms with E-state index in [1.807, 2.05) is 0 Å². The number of halogens is 1. The van der Waals surface area contributed by atoms with E-state index in [1.165, 1.54) is 31.4 Å². The Bertz CT molecular complexity index is 319. The normalized spacial score (nSPS) is 17.4. The van der Waals surface area contributed by atoms with E-state index in [1.54, 1.807) is 12.1 Å². The molecule has 1 atom stereocenters. The van der Waals surface area contributed by atoms with Crippen molar-refractivity contribution in [2.45, 2.75) is 25.3 Å². The number of nitrogens with two attached hydrogens (primary N) is 1. The van der Waals surface area contributed by atoms with Crippen molar-refractivity contribution in [3.8, 4) is 0 Å². The molecule has 0 heterocycles. The van der Waals surface area contributed by atoms with Crippen molar-refractivity contribution in [3.63, 3.8) is 0 Å². The van der Waals surface area contributed by atoms with Gasteiger partial charge in [-0.25, -0.2) is 4.39 Å². The van der Waals surface area contributed by atoms with E-state index >= 15 is 0 Å². The number of benzene rings is 1. The zero-order chi connectivity index (χ0) is 11.4. The van der Waals surface area contributed by atoms with Gasteiger partial charge in [-0.15, -0.1) is 0 Å². The summed E-state index contributed by atoms with van der Waals surface area (Å²) in [6, 6.07) is 6.73. The predicted molar refractivity (Wildman–Crippen MR) is 63.5 cm³/mol. The molecular weight excluding hydrogens is 203 g/mol. The second-order valence-electron chi connectivity index (χ2n) is 4.53. The zero-order valence-electron chi connectivity index (χ0n) is 9.45. The summed E-state index contributed by atoms with van der Waals surface area (Å²) in [4.78, 5) is 0. The standard InChI is InChI=1S/C13H19FN2/c14-12-5-3-11(4-6-12)13(9-15)16-8-7-10-1-2-10/h3-6,10,13,16H,1-2,7-9,15H2. The third-order valence-electron chi connectivity index (χ3n) is 3.15. The van der Waals surface area contributed by atoms with Crippen molar-refractivity contribution in [1.29, 1.82) is 0 Å². The maximum Gasteiger partial charge on any atom is 0.123 e. The van der Waals surface area contributed by atoms with Gasteiger partial charge in [-0.05, 0) is 36.6 Å². The van der Waals surface area contributed by atoms with Gasteiger partial charge in [0.05, 0.1) is 0 Å². The van der Waals surface area contributed by atoms with E-state index in [0.717, 1.165) is 18.0 Å². The average Bonchev–Trinajstić information content (AvgIpc) is 3.10. The third kappa shape index (κ3) is 3.29. The summed E-state index contributed by atoms with van der Waals surface area (Å²) in [7, 11) is 0. The van der Waals surface area contributed by atoms with Crippen LogP contribution in [0, 0.1) is 11.7 Å². The van der Waals surface area contributed by atoms with Crippen molar-refractivity contribution in [2.24, 2.45) is 11.7 Å². The quantitative estimate of drug-likeness (QED) is 0.774. The Kier molecular flexibility index (Phi) is 3.91. The fourth-order valence-corrected chi connectivity index (χ4v) is 1.90. The van der Waals surface area contributed by atoms with Crippen LogP contribution in [0.3, 0.4) is 0 Å². The Balaban J connectivity index is 1.84. The zero-order valence-corrected chi connectivity index (χ0v) is 9.45. The van der Waals surface area contributed by atoms with Crippen LogP contribution in [0.25, 0.3) is 0 Å². The molecule has 3 N–H and O–H groups in total. The molecule has 1 fully saturated rings. The maximum absolute atomic E-state index is 12.8. The molecule has 0 aliphatic heterocycles. The summed E-state index contributed by atoms with van der Waals surface area (Å²) >= 11 is 0. The second kappa shape index (κ2) is 5.41. The molecule has 1 aromatic rings. The highest BCUT2D eigenvalue weighted by Gasteiger charge is 2.20. The lowest BCUT2D eigenvalue weighted by Crippen LogP contribution is -2.29. The van der Waals surface area contributed by atoms with Crippen LogP contribution in [0.4, 0.5) is 4.39 Å². The second-order valence-corrected chi connectivity index (χ2v) is 4.53. The SMILES string of the molecule is NCC(NCCC1CC1)c1ccc(F)cc1. The molecule has 1 aliphatic rings. The van der Waals surface area contributed by atoms with Gasteiger partial charge in [0, 0.05) is 12.6 Å². The summed E-state index contributed by atoms with van der Waals surface area (Å²) in [5.41, 5.74) is 6.79. The Labute approximate surface area is 96.0 Å². The summed E-state index contributed by atoms with van der Waals surface area (Å²) < 4.78 is 12.8. The largest absolute Gasteiger partial charge is 0.329 e. The molecule has 2 rings (SSSR count). The van der Waals surface area contributed by atoms with Crippen LogP contribution < -0.4 is 11.1 Å². The van der Waals surface area contributed by atoms with Crippen molar-refractivity contribution < 1.29 is 4.39 Å². The molecule has 0 radical (unpaired) electrons. The Hall–Kier alpha value is -0.930. The first-order valence-electron chi connectivity index (χ1n) is 5.98. The van der Waals surface area contributed by atoms with Crippen LogP contribution in [0.15, 0.2) is 24.3 Å². The molecular formula is C13H19FN2. The molecule has 1 unspecified atom stereocenters. The average molecular weight is 222 g/mol. The Morgan fingerprint density at radius 3 is 2.56 bits per heavy atom. The minimum atomic E-state index is -0.197.